The molecule has 1 aliphatic rings. The molecule has 2 N–H and O–H groups in total. The van der Waals surface area contributed by atoms with E-state index in [2.05, 4.69) is 10.6 Å². The summed E-state index contributed by atoms with van der Waals surface area (Å²) in [6.45, 7) is 1.65. The van der Waals surface area contributed by atoms with E-state index in [0.717, 1.165) is 0 Å². The van der Waals surface area contributed by atoms with Gasteiger partial charge in [0, 0.05) is 6.07 Å². The van der Waals surface area contributed by atoms with Gasteiger partial charge in [0.2, 0.25) is 0 Å². The van der Waals surface area contributed by atoms with E-state index in [0.29, 0.717) is 22.8 Å². The van der Waals surface area contributed by atoms with E-state index in [1.165, 1.54) is 0 Å². The highest BCUT2D eigenvalue weighted by Gasteiger charge is 2.43. The first-order valence-electron chi connectivity index (χ1n) is 7.07. The fraction of sp³-hybridized carbons (Fsp3) is 0.176. The molecule has 118 valence electrons. The highest BCUT2D eigenvalue weighted by Crippen LogP contribution is 2.30. The monoisotopic (exact) mass is 312 g/mol. The minimum absolute atomic E-state index is 0.388. The lowest BCUT2D eigenvalue weighted by Gasteiger charge is -2.21. The Morgan fingerprint density at radius 1 is 0.957 bits per heavy atom. The van der Waals surface area contributed by atoms with Crippen LogP contribution >= 0.6 is 0 Å². The summed E-state index contributed by atoms with van der Waals surface area (Å²) in [7, 11) is 1.59. The molecule has 1 unspecified atom stereocenters. The number of benzene rings is 2. The van der Waals surface area contributed by atoms with Crippen LogP contribution in [-0.4, -0.2) is 19.0 Å². The highest BCUT2D eigenvalue weighted by molar-refractivity contribution is 6.07. The SMILES string of the molecule is COc1cccc(Oc2cccc(C3(C)NC(=O)NC3=O)c2)c1. The van der Waals surface area contributed by atoms with Crippen molar-refractivity contribution in [2.75, 3.05) is 7.11 Å². The molecule has 0 aromatic heterocycles. The molecule has 3 amide bonds. The smallest absolute Gasteiger partial charge is 0.322 e. The van der Waals surface area contributed by atoms with Crippen LogP contribution in [-0.2, 0) is 10.3 Å². The number of amides is 3. The standard InChI is InChI=1S/C17H16N2O4/c1-17(15(20)18-16(21)19-17)11-5-3-7-13(9-11)23-14-8-4-6-12(10-14)22-2/h3-10H,1-2H3,(H2,18,19,20,21). The Morgan fingerprint density at radius 3 is 2.26 bits per heavy atom. The molecule has 0 bridgehead atoms. The Kier molecular flexibility index (Phi) is 3.65. The third kappa shape index (κ3) is 2.83. The van der Waals surface area contributed by atoms with Gasteiger partial charge in [0.1, 0.15) is 22.8 Å². The van der Waals surface area contributed by atoms with Gasteiger partial charge < -0.3 is 14.8 Å². The zero-order chi connectivity index (χ0) is 16.4. The average Bonchev–Trinajstić information content (AvgIpc) is 2.81. The molecular weight excluding hydrogens is 296 g/mol. The molecule has 0 saturated carbocycles. The van der Waals surface area contributed by atoms with Crippen molar-refractivity contribution >= 4 is 11.9 Å². The number of carbonyl (C=O) groups is 2. The first kappa shape index (κ1) is 14.9. The largest absolute Gasteiger partial charge is 0.497 e. The molecule has 2 aromatic rings. The van der Waals surface area contributed by atoms with Crippen molar-refractivity contribution in [2.24, 2.45) is 0 Å². The first-order chi connectivity index (χ1) is 11.0. The average molecular weight is 312 g/mol. The van der Waals surface area contributed by atoms with Crippen molar-refractivity contribution in [3.8, 4) is 17.2 Å². The van der Waals surface area contributed by atoms with E-state index in [1.807, 2.05) is 12.1 Å². The van der Waals surface area contributed by atoms with E-state index in [-0.39, 0.29) is 5.91 Å². The van der Waals surface area contributed by atoms with Crippen LogP contribution in [0.25, 0.3) is 0 Å². The topological polar surface area (TPSA) is 76.7 Å². The number of hydrogen-bond donors (Lipinski definition) is 2. The molecule has 23 heavy (non-hydrogen) atoms. The Hall–Kier alpha value is -3.02. The molecule has 0 spiro atoms. The van der Waals surface area contributed by atoms with Crippen molar-refractivity contribution in [1.29, 1.82) is 0 Å². The first-order valence-corrected chi connectivity index (χ1v) is 7.07. The van der Waals surface area contributed by atoms with Crippen LogP contribution in [0.2, 0.25) is 0 Å². The minimum atomic E-state index is -1.11. The van der Waals surface area contributed by atoms with E-state index in [9.17, 15) is 9.59 Å². The number of ether oxygens (including phenoxy) is 2. The summed E-state index contributed by atoms with van der Waals surface area (Å²) in [6.07, 6.45) is 0. The van der Waals surface area contributed by atoms with Crippen LogP contribution in [0.3, 0.4) is 0 Å². The number of imide groups is 1. The van der Waals surface area contributed by atoms with Crippen molar-refractivity contribution in [3.05, 3.63) is 54.1 Å². The second-order valence-electron chi connectivity index (χ2n) is 5.34. The van der Waals surface area contributed by atoms with Gasteiger partial charge in [-0.1, -0.05) is 18.2 Å². The fourth-order valence-corrected chi connectivity index (χ4v) is 2.42. The van der Waals surface area contributed by atoms with Gasteiger partial charge in [0.15, 0.2) is 0 Å². The van der Waals surface area contributed by atoms with E-state index < -0.39 is 11.6 Å². The zero-order valence-electron chi connectivity index (χ0n) is 12.8. The van der Waals surface area contributed by atoms with Gasteiger partial charge >= 0.3 is 6.03 Å². The van der Waals surface area contributed by atoms with Gasteiger partial charge in [-0.25, -0.2) is 4.79 Å². The molecule has 3 rings (SSSR count). The molecule has 1 heterocycles. The summed E-state index contributed by atoms with van der Waals surface area (Å²) >= 11 is 0. The number of nitrogens with one attached hydrogen (secondary N) is 2. The Bertz CT molecular complexity index is 775. The van der Waals surface area contributed by atoms with Crippen LogP contribution < -0.4 is 20.1 Å². The number of methoxy groups -OCH3 is 1. The second-order valence-corrected chi connectivity index (χ2v) is 5.34. The third-order valence-electron chi connectivity index (χ3n) is 3.73. The van der Waals surface area contributed by atoms with E-state index in [1.54, 1.807) is 50.4 Å². The Balaban J connectivity index is 1.88. The lowest BCUT2D eigenvalue weighted by atomic mass is 9.92. The predicted molar refractivity (Wildman–Crippen MR) is 83.5 cm³/mol. The molecule has 0 radical (unpaired) electrons. The minimum Gasteiger partial charge on any atom is -0.497 e. The van der Waals surface area contributed by atoms with Gasteiger partial charge in [-0.15, -0.1) is 0 Å². The van der Waals surface area contributed by atoms with Crippen molar-refractivity contribution in [2.45, 2.75) is 12.5 Å². The zero-order valence-corrected chi connectivity index (χ0v) is 12.8. The number of urea groups is 1. The fourth-order valence-electron chi connectivity index (χ4n) is 2.42. The summed E-state index contributed by atoms with van der Waals surface area (Å²) in [5.74, 6) is 1.48. The maximum atomic E-state index is 12.0. The molecule has 2 aromatic carbocycles. The van der Waals surface area contributed by atoms with Crippen LogP contribution in [0.1, 0.15) is 12.5 Å². The van der Waals surface area contributed by atoms with E-state index >= 15 is 0 Å². The molecule has 0 aliphatic carbocycles. The molecular formula is C17H16N2O4. The van der Waals surface area contributed by atoms with Gasteiger partial charge in [-0.3, -0.25) is 10.1 Å². The van der Waals surface area contributed by atoms with E-state index in [4.69, 9.17) is 9.47 Å². The van der Waals surface area contributed by atoms with Gasteiger partial charge in [-0.2, -0.15) is 0 Å². The van der Waals surface area contributed by atoms with Crippen molar-refractivity contribution in [1.82, 2.24) is 10.6 Å². The number of rotatable bonds is 4. The van der Waals surface area contributed by atoms with Crippen molar-refractivity contribution < 1.29 is 19.1 Å². The van der Waals surface area contributed by atoms with Crippen LogP contribution in [0, 0.1) is 0 Å². The molecule has 6 nitrogen and oxygen atoms in total. The van der Waals surface area contributed by atoms with Gasteiger partial charge in [-0.05, 0) is 36.8 Å². The third-order valence-corrected chi connectivity index (χ3v) is 3.73. The number of carbonyl (C=O) groups excluding carboxylic acids is 2. The van der Waals surface area contributed by atoms with Crippen LogP contribution in [0.4, 0.5) is 4.79 Å². The molecule has 1 fully saturated rings. The highest BCUT2D eigenvalue weighted by atomic mass is 16.5. The molecule has 1 saturated heterocycles. The lowest BCUT2D eigenvalue weighted by molar-refractivity contribution is -0.123. The normalized spacial score (nSPS) is 19.9. The van der Waals surface area contributed by atoms with Crippen LogP contribution in [0.5, 0.6) is 17.2 Å². The second kappa shape index (κ2) is 5.64. The molecule has 1 aliphatic heterocycles. The quantitative estimate of drug-likeness (QED) is 0.851. The van der Waals surface area contributed by atoms with Crippen LogP contribution in [0.15, 0.2) is 48.5 Å². The summed E-state index contributed by atoms with van der Waals surface area (Å²) in [5, 5.41) is 4.87. The van der Waals surface area contributed by atoms with Crippen molar-refractivity contribution in [3.63, 3.8) is 0 Å². The Labute approximate surface area is 133 Å². The molecule has 1 atom stereocenters. The lowest BCUT2D eigenvalue weighted by Crippen LogP contribution is -2.40. The Morgan fingerprint density at radius 2 is 1.61 bits per heavy atom. The maximum Gasteiger partial charge on any atom is 0.322 e. The van der Waals surface area contributed by atoms with Gasteiger partial charge in [0.25, 0.3) is 5.91 Å². The summed E-state index contributed by atoms with van der Waals surface area (Å²) in [6, 6.07) is 13.8. The maximum absolute atomic E-state index is 12.0. The molecule has 6 heteroatoms. The van der Waals surface area contributed by atoms with Gasteiger partial charge in [0.05, 0.1) is 7.11 Å². The summed E-state index contributed by atoms with van der Waals surface area (Å²) < 4.78 is 11.0. The summed E-state index contributed by atoms with van der Waals surface area (Å²) in [4.78, 5) is 23.4. The summed E-state index contributed by atoms with van der Waals surface area (Å²) in [5.41, 5.74) is -0.466. The number of hydrogen-bond acceptors (Lipinski definition) is 4. The predicted octanol–water partition coefficient (Wildman–Crippen LogP) is 2.54.